The van der Waals surface area contributed by atoms with E-state index in [0.717, 1.165) is 68.3 Å². The van der Waals surface area contributed by atoms with Gasteiger partial charge in [0.25, 0.3) is 0 Å². The summed E-state index contributed by atoms with van der Waals surface area (Å²) in [4.78, 5) is 1.50. The smallest absolute Gasteiger partial charge is 0.400 e. The van der Waals surface area contributed by atoms with Crippen molar-refractivity contribution in [1.29, 1.82) is 0 Å². The molecule has 7 rings (SSSR count). The summed E-state index contributed by atoms with van der Waals surface area (Å²) >= 11 is 0. The first kappa shape index (κ1) is 44.7. The van der Waals surface area contributed by atoms with Gasteiger partial charge in [-0.3, -0.25) is 4.91 Å². The van der Waals surface area contributed by atoms with Gasteiger partial charge in [0, 0.05) is 0 Å². The predicted octanol–water partition coefficient (Wildman–Crippen LogP) is 6.44. The zero-order chi connectivity index (χ0) is 39.9. The van der Waals surface area contributed by atoms with Crippen molar-refractivity contribution in [3.8, 4) is 0 Å². The van der Waals surface area contributed by atoms with E-state index in [-0.39, 0.29) is 41.7 Å². The number of benzene rings is 1. The van der Waals surface area contributed by atoms with Crippen LogP contribution in [0.4, 0.5) is 0 Å². The summed E-state index contributed by atoms with van der Waals surface area (Å²) < 4.78 is 12.4. The molecule has 6 heterocycles. The van der Waals surface area contributed by atoms with Crippen molar-refractivity contribution in [1.82, 2.24) is 58.1 Å². The Morgan fingerprint density at radius 2 is 0.564 bits per heavy atom. The van der Waals surface area contributed by atoms with Crippen LogP contribution < -0.4 is 0 Å². The topological polar surface area (TPSA) is 166 Å². The quantitative estimate of drug-likeness (QED) is 0.0808. The Hall–Kier alpha value is -4.70. The van der Waals surface area contributed by atoms with E-state index >= 15 is 0 Å². The predicted molar refractivity (Wildman–Crippen MR) is 218 cm³/mol. The van der Waals surface area contributed by atoms with E-state index in [1.54, 1.807) is 0 Å². The van der Waals surface area contributed by atoms with Crippen LogP contribution in [0, 0.1) is 132 Å². The minimum absolute atomic E-state index is 0. The second-order valence-corrected chi connectivity index (χ2v) is 14.2. The molecule has 0 fully saturated rings. The van der Waals surface area contributed by atoms with Crippen LogP contribution >= 0.6 is 0 Å². The van der Waals surface area contributed by atoms with E-state index in [0.29, 0.717) is 0 Å². The molecule has 0 unspecified atom stereocenters. The zero-order valence-electron chi connectivity index (χ0n) is 34.5. The molecule has 15 nitrogen and oxygen atoms in total. The fourth-order valence-electron chi connectivity index (χ4n) is 7.06. The Morgan fingerprint density at radius 3 is 0.673 bits per heavy atom. The van der Waals surface area contributed by atoms with Crippen LogP contribution in [0.5, 0.6) is 0 Å². The Bertz CT molecular complexity index is 1980. The third kappa shape index (κ3) is 11.2. The molecule has 0 atom stereocenters. The second kappa shape index (κ2) is 19.8. The van der Waals surface area contributed by atoms with Gasteiger partial charge < -0.3 is 38.6 Å². The van der Waals surface area contributed by atoms with Crippen molar-refractivity contribution < 1.29 is 41.7 Å². The molecular formula is C37H52B2CeN15. The van der Waals surface area contributed by atoms with Gasteiger partial charge >= 0.3 is 56.0 Å². The maximum Gasteiger partial charge on any atom is 3.00 e. The molecule has 0 saturated carbocycles. The van der Waals surface area contributed by atoms with Gasteiger partial charge in [0.15, 0.2) is 0 Å². The van der Waals surface area contributed by atoms with Gasteiger partial charge in [-0.25, -0.2) is 30.6 Å². The minimum atomic E-state index is -1.26. The molecule has 0 aliphatic heterocycles. The maximum atomic E-state index is 6.75. The first-order chi connectivity index (χ1) is 25.5. The van der Waals surface area contributed by atoms with Gasteiger partial charge in [0.05, 0.1) is 34.2 Å². The van der Waals surface area contributed by atoms with Crippen molar-refractivity contribution >= 4 is 14.2 Å². The largest absolute Gasteiger partial charge is 3.00 e. The average Bonchev–Trinajstić information content (AvgIpc) is 3.92. The molecule has 0 bridgehead atoms. The third-order valence-corrected chi connectivity index (χ3v) is 9.17. The summed E-state index contributed by atoms with van der Waals surface area (Å²) in [6.45, 7) is 26.7. The Balaban J connectivity index is 0.000000234. The monoisotopic (exact) mass is 868 g/mol. The van der Waals surface area contributed by atoms with Crippen LogP contribution in [0.3, 0.4) is 0 Å². The molecule has 18 heteroatoms. The van der Waals surface area contributed by atoms with Crippen molar-refractivity contribution in [2.24, 2.45) is 0 Å². The molecule has 0 spiro atoms. The standard InChI is InChI=1S/2C15H22BN6.C7H8.Ce.N3/c2*1-10-7-13(4)20(17-10)16(21-14(5)8-11(2)18-21)22-15(6)9-12(3)19-22;1-7-5-3-2-4-6-7;;1-3-2/h2*7-9,16H,1-6H3;2-6H,1H3;;/q2*-1;;+3;-1. The molecule has 1 aromatic carbocycles. The van der Waals surface area contributed by atoms with Crippen molar-refractivity contribution in [2.75, 3.05) is 0 Å². The summed E-state index contributed by atoms with van der Waals surface area (Å²) in [6, 6.07) is 22.8. The van der Waals surface area contributed by atoms with Crippen LogP contribution in [-0.2, 0) is 0 Å². The normalized spacial score (nSPS) is 10.5. The summed E-state index contributed by atoms with van der Waals surface area (Å²) in [5, 5.41) is 28.2. The van der Waals surface area contributed by atoms with Crippen molar-refractivity contribution in [3.63, 3.8) is 0 Å². The number of nitrogens with zero attached hydrogens (tertiary/aromatic N) is 15. The van der Waals surface area contributed by atoms with E-state index in [4.69, 9.17) is 41.7 Å². The number of hydrogen-bond donors (Lipinski definition) is 0. The van der Waals surface area contributed by atoms with E-state index in [9.17, 15) is 0 Å². The number of rotatable bonds is 6. The fourth-order valence-corrected chi connectivity index (χ4v) is 7.06. The molecule has 0 N–H and O–H groups in total. The van der Waals surface area contributed by atoms with E-state index in [1.165, 1.54) is 10.5 Å². The summed E-state index contributed by atoms with van der Waals surface area (Å²) in [6.07, 6.45) is 0. The molecular weight excluding hydrogens is 816 g/mol. The van der Waals surface area contributed by atoms with Crippen LogP contribution in [0.1, 0.15) is 73.9 Å². The zero-order valence-corrected chi connectivity index (χ0v) is 37.6. The van der Waals surface area contributed by atoms with Crippen molar-refractivity contribution in [2.45, 2.75) is 90.0 Å². The van der Waals surface area contributed by atoms with Crippen LogP contribution in [0.25, 0.3) is 16.0 Å². The average molecular weight is 869 g/mol. The van der Waals surface area contributed by atoms with Crippen LogP contribution in [-0.4, -0.2) is 72.4 Å². The van der Waals surface area contributed by atoms with E-state index < -0.39 is 14.2 Å². The Kier molecular flexibility index (Phi) is 16.1. The second-order valence-electron chi connectivity index (χ2n) is 14.2. The fraction of sp³-hybridized carbons (Fsp3) is 0.351. The SMILES string of the molecule is Cc1cc(C)n([BH-](n2nc(C)cc2C)n2nc(C)cc2C)n1.Cc1cc(C)n([BH-](n2nc(C)cc2C)n2nc(C)cc2C)n1.Cc1ccccc1.[Ce+3].[N-]=[N+]=[N-]. The summed E-state index contributed by atoms with van der Waals surface area (Å²) in [7, 11) is -2.52. The molecule has 7 aromatic rings. The van der Waals surface area contributed by atoms with Crippen LogP contribution in [0.15, 0.2) is 66.7 Å². The van der Waals surface area contributed by atoms with E-state index in [2.05, 4.69) is 125 Å². The van der Waals surface area contributed by atoms with Gasteiger partial charge in [0.1, 0.15) is 0 Å². The maximum absolute atomic E-state index is 6.75. The van der Waals surface area contributed by atoms with Gasteiger partial charge in [-0.05, 0) is 161 Å². The molecule has 0 aliphatic rings. The number of aryl methyl sites for hydroxylation is 13. The Morgan fingerprint density at radius 1 is 0.382 bits per heavy atom. The molecule has 1 radical (unpaired) electrons. The summed E-state index contributed by atoms with van der Waals surface area (Å²) in [5.41, 5.74) is 27.6. The molecule has 0 saturated heterocycles. The van der Waals surface area contributed by atoms with Gasteiger partial charge in [-0.2, -0.15) is 0 Å². The minimum Gasteiger partial charge on any atom is -0.400 e. The van der Waals surface area contributed by atoms with Crippen molar-refractivity contribution in [3.05, 3.63) is 157 Å². The first-order valence-corrected chi connectivity index (χ1v) is 18.1. The molecule has 285 valence electrons. The molecule has 6 aromatic heterocycles. The van der Waals surface area contributed by atoms with Gasteiger partial charge in [0.2, 0.25) is 0 Å². The van der Waals surface area contributed by atoms with E-state index in [1.807, 2.05) is 59.7 Å². The third-order valence-electron chi connectivity index (χ3n) is 9.17. The van der Waals surface area contributed by atoms with Gasteiger partial charge in [-0.1, -0.05) is 35.9 Å². The Labute approximate surface area is 358 Å². The molecule has 55 heavy (non-hydrogen) atoms. The first-order valence-electron chi connectivity index (χ1n) is 18.1. The summed E-state index contributed by atoms with van der Waals surface area (Å²) in [5.74, 6) is 0. The molecule has 0 amide bonds. The molecule has 0 aliphatic carbocycles. The van der Waals surface area contributed by atoms with Gasteiger partial charge in [-0.15, -0.1) is 0 Å². The van der Waals surface area contributed by atoms with Crippen LogP contribution in [0.2, 0.25) is 0 Å². The number of aromatic nitrogens is 12. The number of hydrogen-bond acceptors (Lipinski definition) is 6.